The minimum atomic E-state index is -0.684. The minimum absolute atomic E-state index is 0.229. The molecule has 2 aromatic rings. The van der Waals surface area contributed by atoms with Gasteiger partial charge < -0.3 is 14.8 Å². The molecule has 26 heavy (non-hydrogen) atoms. The summed E-state index contributed by atoms with van der Waals surface area (Å²) in [4.78, 5) is 15.7. The topological polar surface area (TPSA) is 60.5 Å². The summed E-state index contributed by atoms with van der Waals surface area (Å²) in [6, 6.07) is 7.87. The van der Waals surface area contributed by atoms with Gasteiger partial charge in [-0.25, -0.2) is 4.98 Å². The number of amides is 1. The summed E-state index contributed by atoms with van der Waals surface area (Å²) in [5, 5.41) is 2.84. The van der Waals surface area contributed by atoms with Crippen LogP contribution in [0.4, 0.5) is 4.39 Å². The fourth-order valence-electron chi connectivity index (χ4n) is 2.51. The van der Waals surface area contributed by atoms with E-state index in [2.05, 4.69) is 17.2 Å². The van der Waals surface area contributed by atoms with Crippen molar-refractivity contribution in [2.24, 2.45) is 0 Å². The van der Waals surface area contributed by atoms with E-state index in [-0.39, 0.29) is 17.5 Å². The van der Waals surface area contributed by atoms with E-state index in [9.17, 15) is 9.18 Å². The van der Waals surface area contributed by atoms with Crippen LogP contribution in [-0.4, -0.2) is 24.6 Å². The van der Waals surface area contributed by atoms with E-state index < -0.39 is 5.95 Å². The van der Waals surface area contributed by atoms with Crippen molar-refractivity contribution in [3.8, 4) is 11.5 Å². The second-order valence-corrected chi connectivity index (χ2v) is 6.03. The third kappa shape index (κ3) is 5.44. The summed E-state index contributed by atoms with van der Waals surface area (Å²) < 4.78 is 24.3. The lowest BCUT2D eigenvalue weighted by atomic mass is 10.1. The third-order valence-corrected chi connectivity index (χ3v) is 4.03. The Bertz CT molecular complexity index is 737. The van der Waals surface area contributed by atoms with Crippen LogP contribution in [-0.2, 0) is 0 Å². The van der Waals surface area contributed by atoms with E-state index in [0.717, 1.165) is 30.9 Å². The van der Waals surface area contributed by atoms with Crippen molar-refractivity contribution in [1.29, 1.82) is 0 Å². The number of hydrogen-bond acceptors (Lipinski definition) is 4. The number of ether oxygens (including phenoxy) is 2. The van der Waals surface area contributed by atoms with E-state index in [4.69, 9.17) is 9.47 Å². The SMILES string of the molecule is CCCCCOc1ccc(C(C)NC(=O)c2ccnc(F)c2)cc1OC. The number of unbranched alkanes of at least 4 members (excludes halogenated alkanes) is 2. The Labute approximate surface area is 153 Å². The monoisotopic (exact) mass is 360 g/mol. The van der Waals surface area contributed by atoms with Crippen LogP contribution in [0.5, 0.6) is 11.5 Å². The Balaban J connectivity index is 2.04. The molecular formula is C20H25FN2O3. The summed E-state index contributed by atoms with van der Waals surface area (Å²) in [5.41, 5.74) is 1.10. The Morgan fingerprint density at radius 3 is 2.73 bits per heavy atom. The molecule has 1 aromatic carbocycles. The van der Waals surface area contributed by atoms with Gasteiger partial charge in [0.05, 0.1) is 19.8 Å². The Hall–Kier alpha value is -2.63. The second kappa shape index (κ2) is 9.75. The van der Waals surface area contributed by atoms with Crippen molar-refractivity contribution in [2.75, 3.05) is 13.7 Å². The molecule has 6 heteroatoms. The van der Waals surface area contributed by atoms with Gasteiger partial charge in [-0.15, -0.1) is 0 Å². The Morgan fingerprint density at radius 1 is 1.23 bits per heavy atom. The van der Waals surface area contributed by atoms with Crippen molar-refractivity contribution in [3.63, 3.8) is 0 Å². The van der Waals surface area contributed by atoms with Gasteiger partial charge in [-0.05, 0) is 37.1 Å². The maximum absolute atomic E-state index is 13.2. The number of pyridine rings is 1. The second-order valence-electron chi connectivity index (χ2n) is 6.03. The molecule has 0 bridgehead atoms. The highest BCUT2D eigenvalue weighted by Gasteiger charge is 2.14. The zero-order valence-electron chi connectivity index (χ0n) is 15.4. The first-order chi connectivity index (χ1) is 12.5. The van der Waals surface area contributed by atoms with Crippen LogP contribution in [0.25, 0.3) is 0 Å². The van der Waals surface area contributed by atoms with E-state index >= 15 is 0 Å². The minimum Gasteiger partial charge on any atom is -0.493 e. The van der Waals surface area contributed by atoms with E-state index in [0.29, 0.717) is 18.1 Å². The van der Waals surface area contributed by atoms with Crippen LogP contribution in [0, 0.1) is 5.95 Å². The molecule has 0 saturated heterocycles. The van der Waals surface area contributed by atoms with Crippen molar-refractivity contribution in [1.82, 2.24) is 10.3 Å². The molecule has 2 rings (SSSR count). The van der Waals surface area contributed by atoms with Gasteiger partial charge in [0.2, 0.25) is 5.95 Å². The quantitative estimate of drug-likeness (QED) is 0.535. The maximum atomic E-state index is 13.2. The highest BCUT2D eigenvalue weighted by Crippen LogP contribution is 2.30. The van der Waals surface area contributed by atoms with Crippen LogP contribution >= 0.6 is 0 Å². The average Bonchev–Trinajstić information content (AvgIpc) is 2.65. The maximum Gasteiger partial charge on any atom is 0.251 e. The van der Waals surface area contributed by atoms with Crippen LogP contribution in [0.15, 0.2) is 36.5 Å². The van der Waals surface area contributed by atoms with Crippen LogP contribution in [0.1, 0.15) is 55.1 Å². The normalized spacial score (nSPS) is 11.7. The largest absolute Gasteiger partial charge is 0.493 e. The summed E-state index contributed by atoms with van der Waals surface area (Å²) in [6.07, 6.45) is 4.52. The fourth-order valence-corrected chi connectivity index (χ4v) is 2.51. The molecule has 140 valence electrons. The lowest BCUT2D eigenvalue weighted by Gasteiger charge is -2.17. The summed E-state index contributed by atoms with van der Waals surface area (Å²) >= 11 is 0. The average molecular weight is 360 g/mol. The van der Waals surface area contributed by atoms with Crippen molar-refractivity contribution >= 4 is 5.91 Å². The van der Waals surface area contributed by atoms with Crippen LogP contribution in [0.2, 0.25) is 0 Å². The van der Waals surface area contributed by atoms with E-state index in [1.165, 1.54) is 12.3 Å². The lowest BCUT2D eigenvalue weighted by Crippen LogP contribution is -2.26. The van der Waals surface area contributed by atoms with Crippen LogP contribution in [0.3, 0.4) is 0 Å². The molecule has 1 amide bonds. The van der Waals surface area contributed by atoms with Gasteiger partial charge in [-0.2, -0.15) is 4.39 Å². The van der Waals surface area contributed by atoms with Gasteiger partial charge in [0.1, 0.15) is 0 Å². The predicted octanol–water partition coefficient (Wildman–Crippen LogP) is 4.29. The number of rotatable bonds is 9. The van der Waals surface area contributed by atoms with Gasteiger partial charge in [-0.3, -0.25) is 4.79 Å². The number of halogens is 1. The number of carbonyl (C=O) groups excluding carboxylic acids is 1. The molecule has 0 spiro atoms. The number of nitrogens with zero attached hydrogens (tertiary/aromatic N) is 1. The van der Waals surface area contributed by atoms with E-state index in [1.54, 1.807) is 7.11 Å². The van der Waals surface area contributed by atoms with Gasteiger partial charge >= 0.3 is 0 Å². The molecule has 1 N–H and O–H groups in total. The third-order valence-electron chi connectivity index (χ3n) is 4.03. The summed E-state index contributed by atoms with van der Waals surface area (Å²) in [6.45, 7) is 4.64. The molecule has 5 nitrogen and oxygen atoms in total. The number of carbonyl (C=O) groups is 1. The Kier molecular flexibility index (Phi) is 7.38. The molecular weight excluding hydrogens is 335 g/mol. The van der Waals surface area contributed by atoms with Gasteiger partial charge in [0, 0.05) is 17.8 Å². The van der Waals surface area contributed by atoms with Gasteiger partial charge in [0.15, 0.2) is 11.5 Å². The molecule has 0 radical (unpaired) electrons. The van der Waals surface area contributed by atoms with E-state index in [1.807, 2.05) is 25.1 Å². The molecule has 1 heterocycles. The highest BCUT2D eigenvalue weighted by molar-refractivity contribution is 5.94. The van der Waals surface area contributed by atoms with Crippen molar-refractivity contribution < 1.29 is 18.7 Å². The number of methoxy groups -OCH3 is 1. The number of benzene rings is 1. The number of aromatic nitrogens is 1. The molecule has 0 fully saturated rings. The summed E-state index contributed by atoms with van der Waals surface area (Å²) in [7, 11) is 1.58. The van der Waals surface area contributed by atoms with Gasteiger partial charge in [0.25, 0.3) is 5.91 Å². The standard InChI is InChI=1S/C20H25FN2O3/c1-4-5-6-11-26-17-8-7-15(12-18(17)25-3)14(2)23-20(24)16-9-10-22-19(21)13-16/h7-10,12-14H,4-6,11H2,1-3H3,(H,23,24). The van der Waals surface area contributed by atoms with Gasteiger partial charge in [-0.1, -0.05) is 25.8 Å². The molecule has 1 atom stereocenters. The predicted molar refractivity (Wildman–Crippen MR) is 98.1 cm³/mol. The Morgan fingerprint density at radius 2 is 2.04 bits per heavy atom. The van der Waals surface area contributed by atoms with Crippen molar-refractivity contribution in [3.05, 3.63) is 53.6 Å². The molecule has 1 unspecified atom stereocenters. The zero-order chi connectivity index (χ0) is 18.9. The van der Waals surface area contributed by atoms with Crippen molar-refractivity contribution in [2.45, 2.75) is 39.2 Å². The smallest absolute Gasteiger partial charge is 0.251 e. The molecule has 0 aliphatic heterocycles. The lowest BCUT2D eigenvalue weighted by molar-refractivity contribution is 0.0939. The molecule has 1 aromatic heterocycles. The zero-order valence-corrected chi connectivity index (χ0v) is 15.4. The highest BCUT2D eigenvalue weighted by atomic mass is 19.1. The number of nitrogens with one attached hydrogen (secondary N) is 1. The number of hydrogen-bond donors (Lipinski definition) is 1. The molecule has 0 aliphatic rings. The van der Waals surface area contributed by atoms with Crippen LogP contribution < -0.4 is 14.8 Å². The summed E-state index contributed by atoms with van der Waals surface area (Å²) in [5.74, 6) is 0.256. The fraction of sp³-hybridized carbons (Fsp3) is 0.400. The first-order valence-corrected chi connectivity index (χ1v) is 8.78. The first kappa shape index (κ1) is 19.7. The molecule has 0 saturated carbocycles. The first-order valence-electron chi connectivity index (χ1n) is 8.78. The molecule has 0 aliphatic carbocycles.